The Bertz CT molecular complexity index is 647. The monoisotopic (exact) mass is 316 g/mol. The Balaban J connectivity index is 1.59. The van der Waals surface area contributed by atoms with Gasteiger partial charge in [-0.2, -0.15) is 0 Å². The highest BCUT2D eigenvalue weighted by Gasteiger charge is 2.33. The summed E-state index contributed by atoms with van der Waals surface area (Å²) in [5.41, 5.74) is 1.13. The van der Waals surface area contributed by atoms with Crippen molar-refractivity contribution >= 4 is 17.7 Å². The Morgan fingerprint density at radius 1 is 1.32 bits per heavy atom. The van der Waals surface area contributed by atoms with E-state index in [0.717, 1.165) is 35.0 Å². The lowest BCUT2D eigenvalue weighted by molar-refractivity contribution is -0.129. The van der Waals surface area contributed by atoms with Crippen LogP contribution >= 0.6 is 11.8 Å². The molecule has 0 atom stereocenters. The highest BCUT2D eigenvalue weighted by atomic mass is 32.2. The molecule has 1 aliphatic rings. The van der Waals surface area contributed by atoms with E-state index in [1.54, 1.807) is 0 Å². The van der Waals surface area contributed by atoms with Crippen LogP contribution in [0.2, 0.25) is 0 Å². The van der Waals surface area contributed by atoms with Gasteiger partial charge in [-0.3, -0.25) is 4.79 Å². The molecular formula is C17H20N2O2S. The number of furan rings is 1. The molecule has 3 rings (SSSR count). The minimum absolute atomic E-state index is 0.156. The van der Waals surface area contributed by atoms with E-state index in [2.05, 4.69) is 4.98 Å². The van der Waals surface area contributed by atoms with Crippen LogP contribution in [0.4, 0.5) is 0 Å². The summed E-state index contributed by atoms with van der Waals surface area (Å²) in [6, 6.07) is 8.25. The van der Waals surface area contributed by atoms with Crippen molar-refractivity contribution in [1.29, 1.82) is 0 Å². The van der Waals surface area contributed by atoms with Crippen LogP contribution in [0, 0.1) is 13.8 Å². The summed E-state index contributed by atoms with van der Waals surface area (Å²) >= 11 is 1.49. The summed E-state index contributed by atoms with van der Waals surface area (Å²) in [7, 11) is 0. The number of carbonyl (C=O) groups is 1. The van der Waals surface area contributed by atoms with E-state index in [-0.39, 0.29) is 5.91 Å². The molecule has 0 spiro atoms. The third-order valence-corrected chi connectivity index (χ3v) is 4.59. The second-order valence-corrected chi connectivity index (χ2v) is 6.72. The summed E-state index contributed by atoms with van der Waals surface area (Å²) < 4.78 is 5.61. The lowest BCUT2D eigenvalue weighted by Gasteiger charge is -2.21. The quantitative estimate of drug-likeness (QED) is 0.764. The van der Waals surface area contributed by atoms with Gasteiger partial charge in [0, 0.05) is 12.2 Å². The number of nitrogens with zero attached hydrogens (tertiary/aromatic N) is 2. The summed E-state index contributed by atoms with van der Waals surface area (Å²) in [6.45, 7) is 4.50. The molecule has 4 nitrogen and oxygen atoms in total. The van der Waals surface area contributed by atoms with Crippen molar-refractivity contribution in [2.24, 2.45) is 0 Å². The van der Waals surface area contributed by atoms with Crippen LogP contribution in [0.1, 0.15) is 29.9 Å². The van der Waals surface area contributed by atoms with Crippen LogP contribution < -0.4 is 0 Å². The SMILES string of the molecule is Cc1ccc(SCC(=O)N(Cc2ccc(C)o2)C2CC2)nc1. The standard InChI is InChI=1S/C17H20N2O2S/c1-12-3-8-16(18-9-12)22-11-17(20)19(14-5-6-14)10-15-7-4-13(2)21-15/h3-4,7-9,14H,5-6,10-11H2,1-2H3. The van der Waals surface area contributed by atoms with Crippen molar-refractivity contribution in [3.63, 3.8) is 0 Å². The van der Waals surface area contributed by atoms with Crippen molar-refractivity contribution in [3.8, 4) is 0 Å². The van der Waals surface area contributed by atoms with Gasteiger partial charge in [0.15, 0.2) is 0 Å². The van der Waals surface area contributed by atoms with E-state index in [0.29, 0.717) is 18.3 Å². The van der Waals surface area contributed by atoms with Crippen molar-refractivity contribution < 1.29 is 9.21 Å². The van der Waals surface area contributed by atoms with Gasteiger partial charge in [0.2, 0.25) is 5.91 Å². The van der Waals surface area contributed by atoms with E-state index in [1.807, 2.05) is 49.2 Å². The average molecular weight is 316 g/mol. The Kier molecular flexibility index (Phi) is 4.52. The largest absolute Gasteiger partial charge is 0.464 e. The third kappa shape index (κ3) is 3.91. The van der Waals surface area contributed by atoms with Crippen LogP contribution in [0.3, 0.4) is 0 Å². The summed E-state index contributed by atoms with van der Waals surface area (Å²) in [4.78, 5) is 18.8. The molecule has 0 aliphatic heterocycles. The van der Waals surface area contributed by atoms with Gasteiger partial charge in [-0.05, 0) is 50.5 Å². The number of rotatable bonds is 6. The molecule has 1 aliphatic carbocycles. The fraction of sp³-hybridized carbons (Fsp3) is 0.412. The summed E-state index contributed by atoms with van der Waals surface area (Å²) in [6.07, 6.45) is 4.02. The smallest absolute Gasteiger partial charge is 0.233 e. The van der Waals surface area contributed by atoms with Crippen LogP contribution in [0.5, 0.6) is 0 Å². The van der Waals surface area contributed by atoms with Crippen LogP contribution in [-0.4, -0.2) is 27.6 Å². The molecule has 1 saturated carbocycles. The summed E-state index contributed by atoms with van der Waals surface area (Å²) in [5.74, 6) is 2.32. The van der Waals surface area contributed by atoms with Gasteiger partial charge in [0.1, 0.15) is 11.5 Å². The molecule has 2 aromatic heterocycles. The molecule has 2 heterocycles. The van der Waals surface area contributed by atoms with E-state index in [1.165, 1.54) is 11.8 Å². The maximum absolute atomic E-state index is 12.5. The number of thioether (sulfide) groups is 1. The number of hydrogen-bond donors (Lipinski definition) is 0. The Morgan fingerprint density at radius 3 is 2.73 bits per heavy atom. The molecule has 1 fully saturated rings. The molecule has 0 N–H and O–H groups in total. The minimum atomic E-state index is 0.156. The Hall–Kier alpha value is -1.75. The van der Waals surface area contributed by atoms with Crippen molar-refractivity contribution in [3.05, 3.63) is 47.5 Å². The van der Waals surface area contributed by atoms with Crippen LogP contribution in [0.15, 0.2) is 39.9 Å². The van der Waals surface area contributed by atoms with Gasteiger partial charge in [-0.1, -0.05) is 17.8 Å². The maximum atomic E-state index is 12.5. The molecular weight excluding hydrogens is 296 g/mol. The molecule has 0 unspecified atom stereocenters. The first-order valence-electron chi connectivity index (χ1n) is 7.52. The van der Waals surface area contributed by atoms with Gasteiger partial charge in [0.25, 0.3) is 0 Å². The van der Waals surface area contributed by atoms with Crippen molar-refractivity contribution in [2.45, 2.75) is 44.3 Å². The molecule has 5 heteroatoms. The highest BCUT2D eigenvalue weighted by molar-refractivity contribution is 7.99. The predicted octanol–water partition coefficient (Wildman–Crippen LogP) is 3.57. The minimum Gasteiger partial charge on any atom is -0.464 e. The van der Waals surface area contributed by atoms with Crippen molar-refractivity contribution in [1.82, 2.24) is 9.88 Å². The lowest BCUT2D eigenvalue weighted by Crippen LogP contribution is -2.33. The average Bonchev–Trinajstić information content (AvgIpc) is 3.26. The molecule has 1 amide bonds. The van der Waals surface area contributed by atoms with Gasteiger partial charge >= 0.3 is 0 Å². The molecule has 0 saturated heterocycles. The number of hydrogen-bond acceptors (Lipinski definition) is 4. The fourth-order valence-electron chi connectivity index (χ4n) is 2.30. The number of pyridine rings is 1. The molecule has 0 aromatic carbocycles. The van der Waals surface area contributed by atoms with E-state index in [9.17, 15) is 4.79 Å². The normalized spacial score (nSPS) is 14.1. The molecule has 116 valence electrons. The zero-order valence-electron chi connectivity index (χ0n) is 12.9. The second kappa shape index (κ2) is 6.57. The number of amides is 1. The Labute approximate surface area is 134 Å². The Morgan fingerprint density at radius 2 is 2.14 bits per heavy atom. The summed E-state index contributed by atoms with van der Waals surface area (Å²) in [5, 5.41) is 0.892. The molecule has 0 radical (unpaired) electrons. The first-order valence-corrected chi connectivity index (χ1v) is 8.50. The van der Waals surface area contributed by atoms with E-state index in [4.69, 9.17) is 4.42 Å². The van der Waals surface area contributed by atoms with Gasteiger partial charge in [-0.15, -0.1) is 0 Å². The third-order valence-electron chi connectivity index (χ3n) is 3.66. The van der Waals surface area contributed by atoms with Crippen LogP contribution in [-0.2, 0) is 11.3 Å². The second-order valence-electron chi connectivity index (χ2n) is 5.73. The van der Waals surface area contributed by atoms with E-state index >= 15 is 0 Å². The van der Waals surface area contributed by atoms with Gasteiger partial charge in [0.05, 0.1) is 17.3 Å². The zero-order chi connectivity index (χ0) is 15.5. The molecule has 2 aromatic rings. The van der Waals surface area contributed by atoms with Gasteiger partial charge in [-0.25, -0.2) is 4.98 Å². The maximum Gasteiger partial charge on any atom is 0.233 e. The molecule has 0 bridgehead atoms. The number of aryl methyl sites for hydroxylation is 2. The fourth-order valence-corrected chi connectivity index (χ4v) is 3.03. The number of carbonyl (C=O) groups excluding carboxylic acids is 1. The topological polar surface area (TPSA) is 46.3 Å². The van der Waals surface area contributed by atoms with E-state index < -0.39 is 0 Å². The van der Waals surface area contributed by atoms with Crippen molar-refractivity contribution in [2.75, 3.05) is 5.75 Å². The first kappa shape index (κ1) is 15.2. The first-order chi connectivity index (χ1) is 10.6. The number of aromatic nitrogens is 1. The zero-order valence-corrected chi connectivity index (χ0v) is 13.7. The lowest BCUT2D eigenvalue weighted by atomic mass is 10.3. The molecule has 22 heavy (non-hydrogen) atoms. The highest BCUT2D eigenvalue weighted by Crippen LogP contribution is 2.30. The predicted molar refractivity (Wildman–Crippen MR) is 86.7 cm³/mol. The van der Waals surface area contributed by atoms with Gasteiger partial charge < -0.3 is 9.32 Å². The van der Waals surface area contributed by atoms with Crippen LogP contribution in [0.25, 0.3) is 0 Å².